The SMILES string of the molecule is COc1ccc(Nc2nc(Nc3ccc(OC)cc3)nc(C3CCC4CCCN4C3)n2)cc1. The van der Waals surface area contributed by atoms with Crippen LogP contribution in [0.5, 0.6) is 11.5 Å². The van der Waals surface area contributed by atoms with E-state index in [1.54, 1.807) is 14.2 Å². The van der Waals surface area contributed by atoms with Gasteiger partial charge in [0.25, 0.3) is 0 Å². The smallest absolute Gasteiger partial charge is 0.232 e. The first kappa shape index (κ1) is 21.5. The predicted molar refractivity (Wildman–Crippen MR) is 129 cm³/mol. The molecule has 3 aromatic rings. The zero-order valence-electron chi connectivity index (χ0n) is 19.1. The Morgan fingerprint density at radius 3 is 1.88 bits per heavy atom. The van der Waals surface area contributed by atoms with Gasteiger partial charge in [-0.3, -0.25) is 4.90 Å². The van der Waals surface area contributed by atoms with E-state index in [2.05, 4.69) is 20.5 Å². The highest BCUT2D eigenvalue weighted by Crippen LogP contribution is 2.34. The van der Waals surface area contributed by atoms with Crippen molar-refractivity contribution >= 4 is 23.3 Å². The molecule has 33 heavy (non-hydrogen) atoms. The summed E-state index contributed by atoms with van der Waals surface area (Å²) in [4.78, 5) is 16.9. The molecule has 8 heteroatoms. The lowest BCUT2D eigenvalue weighted by Crippen LogP contribution is -2.38. The highest BCUT2D eigenvalue weighted by Gasteiger charge is 2.33. The Morgan fingerprint density at radius 2 is 1.33 bits per heavy atom. The van der Waals surface area contributed by atoms with Gasteiger partial charge in [-0.05, 0) is 80.8 Å². The van der Waals surface area contributed by atoms with Crippen LogP contribution >= 0.6 is 0 Å². The van der Waals surface area contributed by atoms with Gasteiger partial charge in [0.2, 0.25) is 11.9 Å². The Bertz CT molecular complexity index is 1010. The van der Waals surface area contributed by atoms with Crippen molar-refractivity contribution in [3.63, 3.8) is 0 Å². The number of aromatic nitrogens is 3. The van der Waals surface area contributed by atoms with Gasteiger partial charge in [-0.15, -0.1) is 0 Å². The lowest BCUT2D eigenvalue weighted by molar-refractivity contribution is 0.175. The molecule has 8 nitrogen and oxygen atoms in total. The van der Waals surface area contributed by atoms with Crippen LogP contribution in [0.2, 0.25) is 0 Å². The van der Waals surface area contributed by atoms with Crippen LogP contribution in [0.15, 0.2) is 48.5 Å². The maximum absolute atomic E-state index is 5.26. The van der Waals surface area contributed by atoms with Gasteiger partial charge in [0.05, 0.1) is 14.2 Å². The van der Waals surface area contributed by atoms with E-state index in [0.29, 0.717) is 17.8 Å². The molecule has 2 aliphatic heterocycles. The zero-order chi connectivity index (χ0) is 22.6. The van der Waals surface area contributed by atoms with Gasteiger partial charge < -0.3 is 20.1 Å². The molecular weight excluding hydrogens is 416 g/mol. The molecule has 2 fully saturated rings. The number of anilines is 4. The van der Waals surface area contributed by atoms with Crippen LogP contribution < -0.4 is 20.1 Å². The molecule has 2 N–H and O–H groups in total. The minimum Gasteiger partial charge on any atom is -0.497 e. The highest BCUT2D eigenvalue weighted by molar-refractivity contribution is 5.58. The molecule has 2 atom stereocenters. The number of ether oxygens (including phenoxy) is 2. The predicted octanol–water partition coefficient (Wildman–Crippen LogP) is 4.72. The zero-order valence-corrected chi connectivity index (χ0v) is 19.1. The van der Waals surface area contributed by atoms with Crippen LogP contribution in [0.4, 0.5) is 23.3 Å². The first-order valence-electron chi connectivity index (χ1n) is 11.5. The molecule has 2 unspecified atom stereocenters. The summed E-state index contributed by atoms with van der Waals surface area (Å²) in [6.07, 6.45) is 4.93. The molecule has 172 valence electrons. The standard InChI is InChI=1S/C25H30N6O2/c1-32-21-11-6-18(7-12-21)26-24-28-23(17-5-10-20-4-3-15-31(20)16-17)29-25(30-24)27-19-8-13-22(33-2)14-9-19/h6-9,11-14,17,20H,3-5,10,15-16H2,1-2H3,(H2,26,27,28,29,30). The van der Waals surface area contributed by atoms with E-state index in [9.17, 15) is 0 Å². The molecule has 2 aromatic carbocycles. The summed E-state index contributed by atoms with van der Waals surface area (Å²) in [6, 6.07) is 16.2. The quantitative estimate of drug-likeness (QED) is 0.539. The van der Waals surface area contributed by atoms with Crippen LogP contribution in [-0.4, -0.2) is 53.2 Å². The molecule has 5 rings (SSSR count). The molecule has 2 saturated heterocycles. The Labute approximate surface area is 194 Å². The minimum absolute atomic E-state index is 0.301. The number of methoxy groups -OCH3 is 2. The van der Waals surface area contributed by atoms with Crippen molar-refractivity contribution in [3.05, 3.63) is 54.4 Å². The molecule has 0 spiro atoms. The first-order chi connectivity index (χ1) is 16.2. The van der Waals surface area contributed by atoms with Crippen molar-refractivity contribution in [1.82, 2.24) is 19.9 Å². The fraction of sp³-hybridized carbons (Fsp3) is 0.400. The Hall–Kier alpha value is -3.39. The summed E-state index contributed by atoms with van der Waals surface area (Å²) in [5.74, 6) is 3.81. The maximum Gasteiger partial charge on any atom is 0.232 e. The molecule has 0 radical (unpaired) electrons. The van der Waals surface area contributed by atoms with E-state index >= 15 is 0 Å². The van der Waals surface area contributed by atoms with Crippen LogP contribution in [0.1, 0.15) is 37.4 Å². The summed E-state index contributed by atoms with van der Waals surface area (Å²) < 4.78 is 10.5. The number of piperidine rings is 1. The molecule has 3 heterocycles. The second-order valence-electron chi connectivity index (χ2n) is 8.61. The Balaban J connectivity index is 1.42. The third-order valence-corrected chi connectivity index (χ3v) is 6.51. The number of hydrogen-bond acceptors (Lipinski definition) is 8. The summed E-state index contributed by atoms with van der Waals surface area (Å²) in [5.41, 5.74) is 1.79. The Morgan fingerprint density at radius 1 is 0.758 bits per heavy atom. The second kappa shape index (κ2) is 9.62. The molecule has 0 aliphatic carbocycles. The number of rotatable bonds is 7. The summed E-state index contributed by atoms with van der Waals surface area (Å²) >= 11 is 0. The number of hydrogen-bond donors (Lipinski definition) is 2. The number of fused-ring (bicyclic) bond motifs is 1. The number of nitrogens with one attached hydrogen (secondary N) is 2. The third kappa shape index (κ3) is 5.01. The monoisotopic (exact) mass is 446 g/mol. The summed E-state index contributed by atoms with van der Waals surface area (Å²) in [7, 11) is 3.32. The summed E-state index contributed by atoms with van der Waals surface area (Å²) in [5, 5.41) is 6.67. The van der Waals surface area contributed by atoms with Crippen molar-refractivity contribution in [3.8, 4) is 11.5 Å². The average Bonchev–Trinajstić information content (AvgIpc) is 3.33. The topological polar surface area (TPSA) is 84.4 Å². The van der Waals surface area contributed by atoms with E-state index in [4.69, 9.17) is 19.4 Å². The van der Waals surface area contributed by atoms with Gasteiger partial charge in [-0.2, -0.15) is 15.0 Å². The normalized spacial score (nSPS) is 20.2. The van der Waals surface area contributed by atoms with Gasteiger partial charge in [-0.25, -0.2) is 0 Å². The number of nitrogens with zero attached hydrogens (tertiary/aromatic N) is 4. The van der Waals surface area contributed by atoms with E-state index in [0.717, 1.165) is 47.7 Å². The van der Waals surface area contributed by atoms with Crippen LogP contribution in [0, 0.1) is 0 Å². The highest BCUT2D eigenvalue weighted by atomic mass is 16.5. The maximum atomic E-state index is 5.26. The van der Waals surface area contributed by atoms with Crippen molar-refractivity contribution in [1.29, 1.82) is 0 Å². The average molecular weight is 447 g/mol. The summed E-state index contributed by atoms with van der Waals surface area (Å²) in [6.45, 7) is 2.19. The molecule has 1 aromatic heterocycles. The molecule has 2 aliphatic rings. The molecule has 0 bridgehead atoms. The molecule has 0 amide bonds. The minimum atomic E-state index is 0.301. The van der Waals surface area contributed by atoms with E-state index < -0.39 is 0 Å². The lowest BCUT2D eigenvalue weighted by Gasteiger charge is -2.34. The largest absolute Gasteiger partial charge is 0.497 e. The second-order valence-corrected chi connectivity index (χ2v) is 8.61. The lowest BCUT2D eigenvalue weighted by atomic mass is 9.93. The van der Waals surface area contributed by atoms with Gasteiger partial charge in [-0.1, -0.05) is 0 Å². The van der Waals surface area contributed by atoms with Crippen molar-refractivity contribution in [2.45, 2.75) is 37.6 Å². The fourth-order valence-electron chi connectivity index (χ4n) is 4.73. The van der Waals surface area contributed by atoms with Gasteiger partial charge >= 0.3 is 0 Å². The van der Waals surface area contributed by atoms with Crippen LogP contribution in [0.3, 0.4) is 0 Å². The van der Waals surface area contributed by atoms with E-state index in [1.807, 2.05) is 48.5 Å². The van der Waals surface area contributed by atoms with Crippen molar-refractivity contribution < 1.29 is 9.47 Å². The van der Waals surface area contributed by atoms with E-state index in [1.165, 1.54) is 25.8 Å². The first-order valence-corrected chi connectivity index (χ1v) is 11.5. The van der Waals surface area contributed by atoms with Crippen molar-refractivity contribution in [2.75, 3.05) is 37.9 Å². The van der Waals surface area contributed by atoms with Crippen molar-refractivity contribution in [2.24, 2.45) is 0 Å². The fourth-order valence-corrected chi connectivity index (χ4v) is 4.73. The molecular formula is C25H30N6O2. The van der Waals surface area contributed by atoms with Crippen LogP contribution in [0.25, 0.3) is 0 Å². The number of benzene rings is 2. The Kier molecular flexibility index (Phi) is 6.26. The van der Waals surface area contributed by atoms with Gasteiger partial charge in [0.1, 0.15) is 17.3 Å². The molecule has 0 saturated carbocycles. The van der Waals surface area contributed by atoms with Crippen LogP contribution in [-0.2, 0) is 0 Å². The van der Waals surface area contributed by atoms with E-state index in [-0.39, 0.29) is 0 Å². The third-order valence-electron chi connectivity index (χ3n) is 6.51. The van der Waals surface area contributed by atoms with Gasteiger partial charge in [0.15, 0.2) is 0 Å². The van der Waals surface area contributed by atoms with Gasteiger partial charge in [0, 0.05) is 29.9 Å².